The first kappa shape index (κ1) is 53.3. The van der Waals surface area contributed by atoms with Crippen LogP contribution < -0.4 is 10.6 Å². The number of carbonyl (C=O) groups is 3. The average Bonchev–Trinajstić information content (AvgIpc) is 3.28. The standard InChI is InChI=1S/C68H52N6O5S3/c75-62(71-59-63(76)74-60(57(46-80-64(59)74)82-55-41-43-69-44-42-55)65(77)78-61(47-25-9-1-10-26-47)48-27-11-2-12-28-48)58(73-79-68(52-35-19-6-20-36-52,53-37-21-7-22-38-53)54-39-23-8-24-40-54)56-45-81-66(70-56)72-67(49-29-13-3-14-30-49,50-31-15-4-16-32-50)51-33-17-5-18-34-51/h1-45,59,61,64H,46H2,(H,70,72)(H,71,75)/b73-58-/t59-,64+/m1/s1. The largest absolute Gasteiger partial charge is 0.448 e. The summed E-state index contributed by atoms with van der Waals surface area (Å²) in [6.07, 6.45) is 2.58. The number of nitrogens with one attached hydrogen (secondary N) is 2. The van der Waals surface area contributed by atoms with Crippen LogP contribution in [0.1, 0.15) is 56.3 Å². The molecule has 2 aliphatic heterocycles. The van der Waals surface area contributed by atoms with Crippen LogP contribution in [0.15, 0.2) is 293 Å². The van der Waals surface area contributed by atoms with Crippen molar-refractivity contribution in [2.45, 2.75) is 33.6 Å². The third kappa shape index (κ3) is 10.6. The molecule has 12 rings (SSSR count). The Hall–Kier alpha value is -9.34. The highest BCUT2D eigenvalue weighted by atomic mass is 32.2. The molecule has 1 saturated heterocycles. The Balaban J connectivity index is 0.938. The van der Waals surface area contributed by atoms with Gasteiger partial charge in [0.2, 0.25) is 5.60 Å². The van der Waals surface area contributed by atoms with Gasteiger partial charge in [-0.25, -0.2) is 9.78 Å². The minimum atomic E-state index is -1.38. The Morgan fingerprint density at radius 2 is 1.04 bits per heavy atom. The molecule has 0 unspecified atom stereocenters. The van der Waals surface area contributed by atoms with Crippen LogP contribution >= 0.6 is 34.9 Å². The molecule has 2 amide bonds. The van der Waals surface area contributed by atoms with Crippen LogP contribution in [-0.2, 0) is 35.1 Å². The van der Waals surface area contributed by atoms with Gasteiger partial charge in [-0.1, -0.05) is 260 Å². The summed E-state index contributed by atoms with van der Waals surface area (Å²) in [4.78, 5) is 64.9. The predicted molar refractivity (Wildman–Crippen MR) is 325 cm³/mol. The number of thioether (sulfide) groups is 2. The summed E-state index contributed by atoms with van der Waals surface area (Å²) in [6.45, 7) is 0. The van der Waals surface area contributed by atoms with Crippen molar-refractivity contribution in [2.75, 3.05) is 11.1 Å². The number of anilines is 1. The zero-order valence-electron chi connectivity index (χ0n) is 44.0. The van der Waals surface area contributed by atoms with E-state index in [1.807, 2.05) is 218 Å². The number of hydrogen-bond acceptors (Lipinski definition) is 12. The van der Waals surface area contributed by atoms with Crippen molar-refractivity contribution in [3.63, 3.8) is 0 Å². The lowest BCUT2D eigenvalue weighted by Gasteiger charge is -2.49. The summed E-state index contributed by atoms with van der Waals surface area (Å²) in [7, 11) is 0. The van der Waals surface area contributed by atoms with E-state index >= 15 is 9.59 Å². The number of aromatic nitrogens is 2. The van der Waals surface area contributed by atoms with Crippen molar-refractivity contribution in [3.05, 3.63) is 333 Å². The first-order valence-electron chi connectivity index (χ1n) is 26.6. The fraction of sp³-hybridized carbons (Fsp3) is 0.0882. The van der Waals surface area contributed by atoms with Gasteiger partial charge in [0, 0.05) is 50.0 Å². The lowest BCUT2D eigenvalue weighted by molar-refractivity contribution is -0.154. The van der Waals surface area contributed by atoms with Gasteiger partial charge in [0.15, 0.2) is 16.9 Å². The summed E-state index contributed by atoms with van der Waals surface area (Å²) < 4.78 is 6.48. The second-order valence-electron chi connectivity index (χ2n) is 19.3. The predicted octanol–water partition coefficient (Wildman–Crippen LogP) is 13.4. The zero-order valence-corrected chi connectivity index (χ0v) is 46.4. The van der Waals surface area contributed by atoms with E-state index in [0.29, 0.717) is 15.8 Å². The number of esters is 1. The number of amides is 2. The third-order valence-corrected chi connectivity index (χ3v) is 17.7. The van der Waals surface area contributed by atoms with E-state index in [0.717, 1.165) is 49.4 Å². The molecule has 0 saturated carbocycles. The Morgan fingerprint density at radius 1 is 0.598 bits per heavy atom. The first-order valence-corrected chi connectivity index (χ1v) is 29.4. The highest BCUT2D eigenvalue weighted by Crippen LogP contribution is 2.47. The minimum Gasteiger partial charge on any atom is -0.448 e. The number of nitrogens with zero attached hydrogens (tertiary/aromatic N) is 4. The van der Waals surface area contributed by atoms with E-state index in [1.54, 1.807) is 17.8 Å². The van der Waals surface area contributed by atoms with E-state index in [1.165, 1.54) is 39.8 Å². The number of thiazole rings is 1. The monoisotopic (exact) mass is 1130 g/mol. The van der Waals surface area contributed by atoms with Crippen molar-refractivity contribution in [1.82, 2.24) is 20.2 Å². The fourth-order valence-corrected chi connectivity index (χ4v) is 13.7. The number of benzene rings is 8. The summed E-state index contributed by atoms with van der Waals surface area (Å²) in [5.74, 6) is -1.54. The van der Waals surface area contributed by atoms with Gasteiger partial charge < -0.3 is 20.2 Å². The molecule has 4 heterocycles. The molecule has 0 bridgehead atoms. The molecular weight excluding hydrogens is 1080 g/mol. The smallest absolute Gasteiger partial charge is 0.356 e. The highest BCUT2D eigenvalue weighted by molar-refractivity contribution is 8.06. The molecule has 402 valence electrons. The van der Waals surface area contributed by atoms with E-state index in [2.05, 4.69) is 52.0 Å². The number of ether oxygens (including phenoxy) is 1. The molecule has 2 aliphatic rings. The number of β-lactam (4-membered cyclic amide) rings is 1. The van der Waals surface area contributed by atoms with Gasteiger partial charge in [0.05, 0.1) is 0 Å². The number of fused-ring (bicyclic) bond motifs is 1. The summed E-state index contributed by atoms with van der Waals surface area (Å²) in [5, 5.41) is 13.4. The van der Waals surface area contributed by atoms with E-state index in [4.69, 9.17) is 19.7 Å². The highest BCUT2D eigenvalue weighted by Gasteiger charge is 2.55. The molecule has 2 atom stereocenters. The van der Waals surface area contributed by atoms with Gasteiger partial charge in [-0.05, 0) is 39.9 Å². The molecule has 0 radical (unpaired) electrons. The average molecular weight is 1130 g/mol. The molecule has 0 aliphatic carbocycles. The molecule has 1 fully saturated rings. The van der Waals surface area contributed by atoms with Crippen LogP contribution in [0.25, 0.3) is 0 Å². The van der Waals surface area contributed by atoms with Gasteiger partial charge >= 0.3 is 5.97 Å². The van der Waals surface area contributed by atoms with Crippen LogP contribution in [0.5, 0.6) is 0 Å². The minimum absolute atomic E-state index is 0.113. The van der Waals surface area contributed by atoms with Crippen LogP contribution in [0.4, 0.5) is 5.13 Å². The SMILES string of the molecule is O=C(OC(c1ccccc1)c1ccccc1)C1=C(Sc2ccncc2)CS[C@H]2[C@H](NC(=O)/C(=N\OC(c3ccccc3)(c3ccccc3)c3ccccc3)c3csc(NC(c4ccccc4)(c4ccccc4)c4ccccc4)n3)C(=O)N12. The third-order valence-electron chi connectivity index (χ3n) is 14.4. The topological polar surface area (TPSA) is 135 Å². The van der Waals surface area contributed by atoms with Gasteiger partial charge in [-0.15, -0.1) is 23.1 Å². The number of pyridine rings is 1. The van der Waals surface area contributed by atoms with Gasteiger partial charge in [-0.3, -0.25) is 19.5 Å². The summed E-state index contributed by atoms with van der Waals surface area (Å²) >= 11 is 4.12. The second-order valence-corrected chi connectivity index (χ2v) is 22.5. The lowest BCUT2D eigenvalue weighted by Crippen LogP contribution is -2.71. The van der Waals surface area contributed by atoms with E-state index in [-0.39, 0.29) is 17.1 Å². The van der Waals surface area contributed by atoms with Crippen molar-refractivity contribution in [1.29, 1.82) is 0 Å². The Morgan fingerprint density at radius 3 is 1.50 bits per heavy atom. The van der Waals surface area contributed by atoms with Crippen LogP contribution in [0.2, 0.25) is 0 Å². The normalized spacial score (nSPS) is 15.3. The van der Waals surface area contributed by atoms with Gasteiger partial charge in [-0.2, -0.15) is 0 Å². The number of oxime groups is 1. The number of rotatable bonds is 19. The summed E-state index contributed by atoms with van der Waals surface area (Å²) in [5.41, 5.74) is 4.51. The molecule has 8 aromatic carbocycles. The Bertz CT molecular complexity index is 3630. The maximum absolute atomic E-state index is 15.6. The molecule has 14 heteroatoms. The number of hydrogen-bond donors (Lipinski definition) is 2. The Labute approximate surface area is 487 Å². The molecule has 11 nitrogen and oxygen atoms in total. The molecule has 82 heavy (non-hydrogen) atoms. The fourth-order valence-electron chi connectivity index (χ4n) is 10.5. The zero-order chi connectivity index (χ0) is 55.7. The Kier molecular flexibility index (Phi) is 15.7. The van der Waals surface area contributed by atoms with Crippen molar-refractivity contribution in [2.24, 2.45) is 5.16 Å². The van der Waals surface area contributed by atoms with E-state index in [9.17, 15) is 4.79 Å². The van der Waals surface area contributed by atoms with Crippen molar-refractivity contribution in [3.8, 4) is 0 Å². The number of carbonyl (C=O) groups excluding carboxylic acids is 3. The second kappa shape index (κ2) is 24.2. The van der Waals surface area contributed by atoms with Crippen LogP contribution in [0.3, 0.4) is 0 Å². The van der Waals surface area contributed by atoms with Gasteiger partial charge in [0.1, 0.15) is 28.3 Å². The molecule has 2 aromatic heterocycles. The first-order chi connectivity index (χ1) is 40.4. The molecule has 0 spiro atoms. The molecular formula is C68H52N6O5S3. The van der Waals surface area contributed by atoms with Crippen LogP contribution in [-0.4, -0.2) is 55.5 Å². The van der Waals surface area contributed by atoms with Crippen molar-refractivity contribution < 1.29 is 24.0 Å². The van der Waals surface area contributed by atoms with Gasteiger partial charge in [0.25, 0.3) is 11.8 Å². The lowest BCUT2D eigenvalue weighted by atomic mass is 9.77. The maximum atomic E-state index is 15.6. The van der Waals surface area contributed by atoms with E-state index < -0.39 is 46.4 Å². The maximum Gasteiger partial charge on any atom is 0.356 e. The molecule has 2 N–H and O–H groups in total. The quantitative estimate of drug-likeness (QED) is 0.0265. The molecule has 10 aromatic rings. The van der Waals surface area contributed by atoms with Crippen LogP contribution in [0, 0.1) is 0 Å². The summed E-state index contributed by atoms with van der Waals surface area (Å²) in [6, 6.07) is 81.4. The van der Waals surface area contributed by atoms with Crippen molar-refractivity contribution >= 4 is 63.5 Å².